The third-order valence-electron chi connectivity index (χ3n) is 4.14. The molecule has 1 amide bonds. The molecule has 0 spiro atoms. The fourth-order valence-corrected chi connectivity index (χ4v) is 2.67. The highest BCUT2D eigenvalue weighted by molar-refractivity contribution is 5.89. The fraction of sp³-hybridized carbons (Fsp3) is 0.846. The Labute approximate surface area is 102 Å². The molecular weight excluding hydrogens is 218 g/mol. The molecule has 0 bridgehead atoms. The third kappa shape index (κ3) is 3.20. The van der Waals surface area contributed by atoms with Crippen molar-refractivity contribution in [1.82, 2.24) is 5.32 Å². The van der Waals surface area contributed by atoms with E-state index < -0.39 is 11.9 Å². The van der Waals surface area contributed by atoms with Gasteiger partial charge in [0.05, 0.1) is 11.8 Å². The normalized spacial score (nSPS) is 36.3. The summed E-state index contributed by atoms with van der Waals surface area (Å²) in [6.07, 6.45) is 5.40. The monoisotopic (exact) mass is 239 g/mol. The number of carbonyl (C=O) groups excluding carboxylic acids is 1. The molecular formula is C13H21NO3. The van der Waals surface area contributed by atoms with Crippen LogP contribution in [0.25, 0.3) is 0 Å². The maximum atomic E-state index is 11.7. The molecule has 2 aliphatic carbocycles. The molecule has 0 aliphatic heterocycles. The summed E-state index contributed by atoms with van der Waals surface area (Å²) in [7, 11) is 0. The molecule has 0 unspecified atom stereocenters. The van der Waals surface area contributed by atoms with Crippen LogP contribution in [0.3, 0.4) is 0 Å². The topological polar surface area (TPSA) is 66.4 Å². The van der Waals surface area contributed by atoms with E-state index in [-0.39, 0.29) is 11.8 Å². The zero-order chi connectivity index (χ0) is 12.4. The van der Waals surface area contributed by atoms with Gasteiger partial charge in [-0.3, -0.25) is 9.59 Å². The van der Waals surface area contributed by atoms with Crippen molar-refractivity contribution >= 4 is 11.9 Å². The Bertz CT molecular complexity index is 308. The smallest absolute Gasteiger partial charge is 0.307 e. The summed E-state index contributed by atoms with van der Waals surface area (Å²) in [6.45, 7) is 3.00. The highest BCUT2D eigenvalue weighted by atomic mass is 16.4. The molecule has 0 aromatic carbocycles. The van der Waals surface area contributed by atoms with Crippen molar-refractivity contribution in [3.63, 3.8) is 0 Å². The van der Waals surface area contributed by atoms with Gasteiger partial charge in [0.25, 0.3) is 0 Å². The first kappa shape index (κ1) is 12.4. The Morgan fingerprint density at radius 2 is 1.82 bits per heavy atom. The molecule has 0 aromatic rings. The first-order chi connectivity index (χ1) is 8.08. The van der Waals surface area contributed by atoms with Crippen LogP contribution in [-0.2, 0) is 9.59 Å². The van der Waals surface area contributed by atoms with Crippen molar-refractivity contribution in [3.05, 3.63) is 0 Å². The van der Waals surface area contributed by atoms with Gasteiger partial charge in [-0.15, -0.1) is 0 Å². The van der Waals surface area contributed by atoms with E-state index in [1.165, 1.54) is 25.7 Å². The number of rotatable bonds is 4. The number of nitrogens with one attached hydrogen (secondary N) is 1. The third-order valence-corrected chi connectivity index (χ3v) is 4.14. The standard InChI is InChI=1S/C13H21NO3/c1-8-2-4-9(5-3-8)7-14-12(15)10-6-11(10)13(16)17/h8-11H,2-7H2,1H3,(H,14,15)(H,16,17)/t8?,9?,10-,11+/m1/s1. The van der Waals surface area contributed by atoms with Gasteiger partial charge in [-0.05, 0) is 31.1 Å². The lowest BCUT2D eigenvalue weighted by Gasteiger charge is -2.26. The SMILES string of the molecule is CC1CCC(CNC(=O)[C@@H]2C[C@@H]2C(=O)O)CC1. The van der Waals surface area contributed by atoms with Crippen molar-refractivity contribution in [2.45, 2.75) is 39.0 Å². The summed E-state index contributed by atoms with van der Waals surface area (Å²) in [4.78, 5) is 22.3. The van der Waals surface area contributed by atoms with Crippen LogP contribution in [0.2, 0.25) is 0 Å². The first-order valence-corrected chi connectivity index (χ1v) is 6.58. The predicted molar refractivity (Wildman–Crippen MR) is 63.4 cm³/mol. The van der Waals surface area contributed by atoms with Gasteiger partial charge >= 0.3 is 5.97 Å². The lowest BCUT2D eigenvalue weighted by Crippen LogP contribution is -2.32. The lowest BCUT2D eigenvalue weighted by molar-refractivity contribution is -0.140. The van der Waals surface area contributed by atoms with Crippen LogP contribution in [0, 0.1) is 23.7 Å². The predicted octanol–water partition coefficient (Wildman–Crippen LogP) is 1.65. The van der Waals surface area contributed by atoms with E-state index >= 15 is 0 Å². The van der Waals surface area contributed by atoms with Gasteiger partial charge in [0.2, 0.25) is 5.91 Å². The summed E-state index contributed by atoms with van der Waals surface area (Å²) in [5.74, 6) is -0.178. The quantitative estimate of drug-likeness (QED) is 0.784. The highest BCUT2D eigenvalue weighted by Gasteiger charge is 2.48. The van der Waals surface area contributed by atoms with E-state index in [0.29, 0.717) is 12.3 Å². The Morgan fingerprint density at radius 1 is 1.18 bits per heavy atom. The molecule has 0 aromatic heterocycles. The number of carboxylic acids is 1. The second kappa shape index (κ2) is 5.07. The van der Waals surface area contributed by atoms with E-state index in [4.69, 9.17) is 5.11 Å². The maximum Gasteiger partial charge on any atom is 0.307 e. The molecule has 2 aliphatic rings. The number of amides is 1. The van der Waals surface area contributed by atoms with Crippen LogP contribution in [-0.4, -0.2) is 23.5 Å². The largest absolute Gasteiger partial charge is 0.481 e. The molecule has 96 valence electrons. The summed E-state index contributed by atoms with van der Waals surface area (Å²) in [5, 5.41) is 11.7. The number of carboxylic acid groups (broad SMARTS) is 1. The number of hydrogen-bond acceptors (Lipinski definition) is 2. The summed E-state index contributed by atoms with van der Waals surface area (Å²) in [5.41, 5.74) is 0. The lowest BCUT2D eigenvalue weighted by atomic mass is 9.83. The van der Waals surface area contributed by atoms with Crippen LogP contribution in [0.15, 0.2) is 0 Å². The van der Waals surface area contributed by atoms with E-state index in [0.717, 1.165) is 12.5 Å². The van der Waals surface area contributed by atoms with Crippen LogP contribution in [0.5, 0.6) is 0 Å². The van der Waals surface area contributed by atoms with Gasteiger partial charge in [-0.1, -0.05) is 19.8 Å². The van der Waals surface area contributed by atoms with E-state index in [2.05, 4.69) is 12.2 Å². The number of carbonyl (C=O) groups is 2. The molecule has 2 N–H and O–H groups in total. The second-order valence-electron chi connectivity index (χ2n) is 5.66. The molecule has 2 saturated carbocycles. The van der Waals surface area contributed by atoms with Gasteiger partial charge in [0, 0.05) is 6.54 Å². The summed E-state index contributed by atoms with van der Waals surface area (Å²) < 4.78 is 0. The van der Waals surface area contributed by atoms with Crippen molar-refractivity contribution in [3.8, 4) is 0 Å². The Balaban J connectivity index is 1.66. The Morgan fingerprint density at radius 3 is 2.35 bits per heavy atom. The molecule has 0 saturated heterocycles. The minimum atomic E-state index is -0.836. The molecule has 17 heavy (non-hydrogen) atoms. The summed E-state index contributed by atoms with van der Waals surface area (Å²) in [6, 6.07) is 0. The number of aliphatic carboxylic acids is 1. The molecule has 0 heterocycles. The minimum Gasteiger partial charge on any atom is -0.481 e. The van der Waals surface area contributed by atoms with Gasteiger partial charge in [-0.25, -0.2) is 0 Å². The Kier molecular flexibility index (Phi) is 3.69. The molecule has 2 fully saturated rings. The first-order valence-electron chi connectivity index (χ1n) is 6.58. The van der Waals surface area contributed by atoms with Crippen molar-refractivity contribution < 1.29 is 14.7 Å². The van der Waals surface area contributed by atoms with E-state index in [1.54, 1.807) is 0 Å². The van der Waals surface area contributed by atoms with Gasteiger partial charge in [-0.2, -0.15) is 0 Å². The minimum absolute atomic E-state index is 0.0592. The maximum absolute atomic E-state index is 11.7. The second-order valence-corrected chi connectivity index (χ2v) is 5.66. The van der Waals surface area contributed by atoms with E-state index in [9.17, 15) is 9.59 Å². The van der Waals surface area contributed by atoms with E-state index in [1.807, 2.05) is 0 Å². The molecule has 0 radical (unpaired) electrons. The van der Waals surface area contributed by atoms with Crippen LogP contribution in [0.1, 0.15) is 39.0 Å². The van der Waals surface area contributed by atoms with Crippen LogP contribution < -0.4 is 5.32 Å². The Hall–Kier alpha value is -1.06. The van der Waals surface area contributed by atoms with Gasteiger partial charge in [0.1, 0.15) is 0 Å². The van der Waals surface area contributed by atoms with Crippen LogP contribution in [0.4, 0.5) is 0 Å². The average molecular weight is 239 g/mol. The van der Waals surface area contributed by atoms with Crippen molar-refractivity contribution in [2.75, 3.05) is 6.54 Å². The average Bonchev–Trinajstić information content (AvgIpc) is 3.08. The van der Waals surface area contributed by atoms with Crippen molar-refractivity contribution in [1.29, 1.82) is 0 Å². The van der Waals surface area contributed by atoms with Crippen LogP contribution >= 0.6 is 0 Å². The molecule has 2 atom stereocenters. The number of hydrogen-bond donors (Lipinski definition) is 2. The van der Waals surface area contributed by atoms with Gasteiger partial charge < -0.3 is 10.4 Å². The molecule has 4 nitrogen and oxygen atoms in total. The zero-order valence-electron chi connectivity index (χ0n) is 10.3. The fourth-order valence-electron chi connectivity index (χ4n) is 2.67. The summed E-state index contributed by atoms with van der Waals surface area (Å²) >= 11 is 0. The molecule has 2 rings (SSSR count). The zero-order valence-corrected chi connectivity index (χ0v) is 10.3. The van der Waals surface area contributed by atoms with Gasteiger partial charge in [0.15, 0.2) is 0 Å². The molecule has 4 heteroatoms. The van der Waals surface area contributed by atoms with Crippen molar-refractivity contribution in [2.24, 2.45) is 23.7 Å². The highest BCUT2D eigenvalue weighted by Crippen LogP contribution is 2.38.